The predicted molar refractivity (Wildman–Crippen MR) is 75.4 cm³/mol. The van der Waals surface area contributed by atoms with Crippen molar-refractivity contribution in [2.24, 2.45) is 0 Å². The summed E-state index contributed by atoms with van der Waals surface area (Å²) in [6.07, 6.45) is 0. The van der Waals surface area contributed by atoms with Gasteiger partial charge >= 0.3 is 0 Å². The molecule has 0 nitrogen and oxygen atoms in total. The highest BCUT2D eigenvalue weighted by atomic mass is 35.5. The molecule has 2 aromatic rings. The van der Waals surface area contributed by atoms with Crippen LogP contribution in [0.1, 0.15) is 11.1 Å². The lowest BCUT2D eigenvalue weighted by Crippen LogP contribution is -2.12. The second-order valence-corrected chi connectivity index (χ2v) is 5.65. The number of hydrogen-bond acceptors (Lipinski definition) is 0. The van der Waals surface area contributed by atoms with Gasteiger partial charge in [0.2, 0.25) is 0 Å². The molecule has 0 saturated carbocycles. The lowest BCUT2D eigenvalue weighted by atomic mass is 10.0. The van der Waals surface area contributed by atoms with Gasteiger partial charge in [-0.3, -0.25) is 0 Å². The maximum atomic E-state index is 6.39. The van der Waals surface area contributed by atoms with Crippen LogP contribution < -0.4 is 0 Å². The lowest BCUT2D eigenvalue weighted by molar-refractivity contribution is 1.04. The van der Waals surface area contributed by atoms with Gasteiger partial charge in [-0.2, -0.15) is 0 Å². The van der Waals surface area contributed by atoms with Gasteiger partial charge in [0.25, 0.3) is 0 Å². The van der Waals surface area contributed by atoms with Crippen molar-refractivity contribution in [3.63, 3.8) is 0 Å². The molecule has 17 heavy (non-hydrogen) atoms. The van der Waals surface area contributed by atoms with Crippen LogP contribution in [-0.2, 0) is 4.33 Å². The maximum Gasteiger partial charge on any atom is 0.169 e. The average molecular weight is 306 g/mol. The van der Waals surface area contributed by atoms with Gasteiger partial charge in [-0.1, -0.05) is 88.9 Å². The molecule has 88 valence electrons. The molecule has 4 heteroatoms. The zero-order valence-corrected chi connectivity index (χ0v) is 11.7. The van der Waals surface area contributed by atoms with Crippen LogP contribution in [-0.4, -0.2) is 0 Å². The third-order valence-corrected chi connectivity index (χ3v) is 4.09. The molecule has 0 saturated heterocycles. The standard InChI is InChI=1S/C13H8Cl4/c14-11-8-4-7-10(12(11)15)13(16,17)9-5-2-1-3-6-9/h1-8H. The van der Waals surface area contributed by atoms with Gasteiger partial charge < -0.3 is 0 Å². The van der Waals surface area contributed by atoms with Crippen LogP contribution in [0.25, 0.3) is 0 Å². The molecule has 0 aliphatic carbocycles. The minimum absolute atomic E-state index is 0.378. The Bertz CT molecular complexity index is 520. The first kappa shape index (κ1) is 13.0. The molecule has 0 aromatic heterocycles. The van der Waals surface area contributed by atoms with Gasteiger partial charge in [-0.15, -0.1) is 0 Å². The number of hydrogen-bond donors (Lipinski definition) is 0. The average Bonchev–Trinajstić information content (AvgIpc) is 2.33. The van der Waals surface area contributed by atoms with Crippen LogP contribution in [0.3, 0.4) is 0 Å². The topological polar surface area (TPSA) is 0 Å². The van der Waals surface area contributed by atoms with Gasteiger partial charge in [-0.25, -0.2) is 0 Å². The third-order valence-electron chi connectivity index (χ3n) is 2.43. The summed E-state index contributed by atoms with van der Waals surface area (Å²) in [6.45, 7) is 0. The van der Waals surface area contributed by atoms with Crippen molar-refractivity contribution in [2.75, 3.05) is 0 Å². The van der Waals surface area contributed by atoms with E-state index in [-0.39, 0.29) is 0 Å². The van der Waals surface area contributed by atoms with Gasteiger partial charge in [0.15, 0.2) is 4.33 Å². The Morgan fingerprint density at radius 2 is 1.41 bits per heavy atom. The molecule has 0 atom stereocenters. The fourth-order valence-electron chi connectivity index (χ4n) is 1.55. The number of alkyl halides is 2. The quantitative estimate of drug-likeness (QED) is 0.627. The number of rotatable bonds is 2. The van der Waals surface area contributed by atoms with Crippen LogP contribution in [0.2, 0.25) is 10.0 Å². The van der Waals surface area contributed by atoms with E-state index in [0.29, 0.717) is 15.6 Å². The van der Waals surface area contributed by atoms with Crippen molar-refractivity contribution in [3.05, 3.63) is 69.7 Å². The monoisotopic (exact) mass is 304 g/mol. The van der Waals surface area contributed by atoms with Crippen molar-refractivity contribution >= 4 is 46.4 Å². The second-order valence-electron chi connectivity index (χ2n) is 3.54. The van der Waals surface area contributed by atoms with Gasteiger partial charge in [0.05, 0.1) is 10.0 Å². The van der Waals surface area contributed by atoms with Crippen LogP contribution >= 0.6 is 46.4 Å². The fraction of sp³-hybridized carbons (Fsp3) is 0.0769. The molecule has 2 rings (SSSR count). The zero-order chi connectivity index (χ0) is 12.5. The fourth-order valence-corrected chi connectivity index (χ4v) is 2.66. The minimum atomic E-state index is -1.21. The minimum Gasteiger partial charge on any atom is -0.0909 e. The molecule has 0 bridgehead atoms. The largest absolute Gasteiger partial charge is 0.169 e. The molecular weight excluding hydrogens is 298 g/mol. The van der Waals surface area contributed by atoms with E-state index in [1.54, 1.807) is 18.2 Å². The molecule has 0 radical (unpaired) electrons. The van der Waals surface area contributed by atoms with Crippen molar-refractivity contribution in [3.8, 4) is 0 Å². The van der Waals surface area contributed by atoms with Crippen molar-refractivity contribution < 1.29 is 0 Å². The van der Waals surface area contributed by atoms with Crippen molar-refractivity contribution in [1.29, 1.82) is 0 Å². The summed E-state index contributed by atoms with van der Waals surface area (Å²) in [5.41, 5.74) is 1.34. The first-order valence-electron chi connectivity index (χ1n) is 4.91. The van der Waals surface area contributed by atoms with E-state index >= 15 is 0 Å². The van der Waals surface area contributed by atoms with Crippen LogP contribution in [0.5, 0.6) is 0 Å². The van der Waals surface area contributed by atoms with Gasteiger partial charge in [-0.05, 0) is 11.6 Å². The Labute approximate surface area is 120 Å². The molecule has 0 heterocycles. The molecule has 0 spiro atoms. The molecular formula is C13H8Cl4. The number of halogens is 4. The first-order chi connectivity index (χ1) is 8.03. The molecule has 0 aliphatic heterocycles. The van der Waals surface area contributed by atoms with Crippen LogP contribution in [0, 0.1) is 0 Å². The van der Waals surface area contributed by atoms with Gasteiger partial charge in [0.1, 0.15) is 0 Å². The molecule has 2 aromatic carbocycles. The summed E-state index contributed by atoms with van der Waals surface area (Å²) in [4.78, 5) is 0. The summed E-state index contributed by atoms with van der Waals surface area (Å²) in [5, 5.41) is 0.814. The highest BCUT2D eigenvalue weighted by molar-refractivity contribution is 6.52. The second kappa shape index (κ2) is 5.07. The maximum absolute atomic E-state index is 6.39. The summed E-state index contributed by atoms with van der Waals surface area (Å²) >= 11 is 24.9. The van der Waals surface area contributed by atoms with E-state index in [2.05, 4.69) is 0 Å². The highest BCUT2D eigenvalue weighted by Gasteiger charge is 2.31. The Morgan fingerprint density at radius 1 is 0.765 bits per heavy atom. The number of benzene rings is 2. The summed E-state index contributed by atoms with van der Waals surface area (Å²) in [5.74, 6) is 0. The van der Waals surface area contributed by atoms with E-state index in [1.165, 1.54) is 0 Å². The zero-order valence-electron chi connectivity index (χ0n) is 8.63. The van der Waals surface area contributed by atoms with Crippen LogP contribution in [0.4, 0.5) is 0 Å². The van der Waals surface area contributed by atoms with E-state index in [1.807, 2.05) is 30.3 Å². The third kappa shape index (κ3) is 2.56. The summed E-state index contributed by atoms with van der Waals surface area (Å²) < 4.78 is -1.21. The predicted octanol–water partition coefficient (Wildman–Crippen LogP) is 5.67. The van der Waals surface area contributed by atoms with E-state index in [9.17, 15) is 0 Å². The van der Waals surface area contributed by atoms with E-state index < -0.39 is 4.33 Å². The Hall–Kier alpha value is -0.400. The summed E-state index contributed by atoms with van der Waals surface area (Å²) in [7, 11) is 0. The summed E-state index contributed by atoms with van der Waals surface area (Å²) in [6, 6.07) is 14.6. The Morgan fingerprint density at radius 3 is 2.06 bits per heavy atom. The van der Waals surface area contributed by atoms with Crippen LogP contribution in [0.15, 0.2) is 48.5 Å². The van der Waals surface area contributed by atoms with E-state index in [0.717, 1.165) is 5.56 Å². The Balaban J connectivity index is 2.56. The lowest BCUT2D eigenvalue weighted by Gasteiger charge is -2.22. The normalized spacial score (nSPS) is 11.5. The smallest absolute Gasteiger partial charge is 0.0909 e. The van der Waals surface area contributed by atoms with Crippen molar-refractivity contribution in [2.45, 2.75) is 4.33 Å². The first-order valence-corrected chi connectivity index (χ1v) is 6.42. The molecule has 0 amide bonds. The Kier molecular flexibility index (Phi) is 3.89. The molecule has 0 fully saturated rings. The highest BCUT2D eigenvalue weighted by Crippen LogP contribution is 2.45. The van der Waals surface area contributed by atoms with E-state index in [4.69, 9.17) is 46.4 Å². The molecule has 0 N–H and O–H groups in total. The molecule has 0 unspecified atom stereocenters. The van der Waals surface area contributed by atoms with Crippen molar-refractivity contribution in [1.82, 2.24) is 0 Å². The van der Waals surface area contributed by atoms with Gasteiger partial charge in [0, 0.05) is 5.56 Å². The molecule has 0 aliphatic rings. The SMILES string of the molecule is Clc1cccc(C(Cl)(Cl)c2ccccc2)c1Cl.